The van der Waals surface area contributed by atoms with Crippen molar-refractivity contribution in [1.82, 2.24) is 0 Å². The first kappa shape index (κ1) is 61.9. The highest BCUT2D eigenvalue weighted by molar-refractivity contribution is 5.71. The van der Waals surface area contributed by atoms with Crippen LogP contribution < -0.4 is 0 Å². The van der Waals surface area contributed by atoms with Gasteiger partial charge in [-0.2, -0.15) is 0 Å². The molecule has 1 unspecified atom stereocenters. The summed E-state index contributed by atoms with van der Waals surface area (Å²) >= 11 is 0. The molecule has 0 spiro atoms. The summed E-state index contributed by atoms with van der Waals surface area (Å²) in [4.78, 5) is 38.1. The van der Waals surface area contributed by atoms with Crippen LogP contribution in [0.5, 0.6) is 0 Å². The van der Waals surface area contributed by atoms with Crippen LogP contribution in [0.25, 0.3) is 0 Å². The molecule has 0 amide bonds. The zero-order valence-corrected chi connectivity index (χ0v) is 42.7. The number of hydrogen-bond donors (Lipinski definition) is 0. The van der Waals surface area contributed by atoms with Crippen molar-refractivity contribution < 1.29 is 28.6 Å². The van der Waals surface area contributed by atoms with Crippen LogP contribution in [0, 0.1) is 0 Å². The van der Waals surface area contributed by atoms with Gasteiger partial charge in [-0.15, -0.1) is 0 Å². The van der Waals surface area contributed by atoms with E-state index in [1.165, 1.54) is 103 Å². The summed E-state index contributed by atoms with van der Waals surface area (Å²) in [6.45, 7) is 6.39. The normalized spacial score (nSPS) is 12.6. The molecule has 0 heterocycles. The van der Waals surface area contributed by atoms with Crippen molar-refractivity contribution >= 4 is 17.9 Å². The van der Waals surface area contributed by atoms with Crippen LogP contribution in [-0.4, -0.2) is 37.2 Å². The monoisotopic (exact) mass is 907 g/mol. The quantitative estimate of drug-likeness (QED) is 0.0262. The molecule has 0 rings (SSSR count). The molecule has 374 valence electrons. The molecule has 0 aromatic carbocycles. The standard InChI is InChI=1S/C59H102O6/c1-4-7-10-13-16-19-22-25-28-29-30-31-32-35-37-40-43-46-49-52-58(61)64-55-56(65-59(62)53-50-47-44-41-38-34-27-24-21-18-15-12-9-6-3)54-63-57(60)51-48-45-42-39-36-33-26-23-20-17-14-11-8-5-2/h8-9,11-12,17-18,20-21,26-27,33-34,56H,4-7,10,13-16,19,22-25,28-32,35-55H2,1-3H3/b11-8-,12-9-,20-17-,21-18-,33-26-,34-27-. The van der Waals surface area contributed by atoms with Crippen LogP contribution in [0.2, 0.25) is 0 Å². The van der Waals surface area contributed by atoms with Gasteiger partial charge in [-0.25, -0.2) is 0 Å². The van der Waals surface area contributed by atoms with Gasteiger partial charge in [0.2, 0.25) is 0 Å². The fraction of sp³-hybridized carbons (Fsp3) is 0.746. The van der Waals surface area contributed by atoms with Crippen molar-refractivity contribution in [2.45, 2.75) is 271 Å². The van der Waals surface area contributed by atoms with E-state index in [9.17, 15) is 14.4 Å². The maximum atomic E-state index is 12.8. The smallest absolute Gasteiger partial charge is 0.306 e. The third kappa shape index (κ3) is 51.7. The maximum absolute atomic E-state index is 12.8. The summed E-state index contributed by atoms with van der Waals surface area (Å²) in [6.07, 6.45) is 67.5. The van der Waals surface area contributed by atoms with E-state index in [-0.39, 0.29) is 31.1 Å². The molecule has 0 aromatic rings. The summed E-state index contributed by atoms with van der Waals surface area (Å²) in [7, 11) is 0. The minimum atomic E-state index is -0.795. The average molecular weight is 907 g/mol. The molecule has 0 aliphatic heterocycles. The van der Waals surface area contributed by atoms with Gasteiger partial charge in [0.15, 0.2) is 6.10 Å². The van der Waals surface area contributed by atoms with Crippen molar-refractivity contribution in [3.8, 4) is 0 Å². The first-order chi connectivity index (χ1) is 32.0. The average Bonchev–Trinajstić information content (AvgIpc) is 3.30. The number of carbonyl (C=O) groups excluding carboxylic acids is 3. The molecule has 0 aliphatic carbocycles. The lowest BCUT2D eigenvalue weighted by Gasteiger charge is -2.18. The topological polar surface area (TPSA) is 78.9 Å². The van der Waals surface area contributed by atoms with Crippen molar-refractivity contribution in [3.63, 3.8) is 0 Å². The van der Waals surface area contributed by atoms with Crippen molar-refractivity contribution in [3.05, 3.63) is 72.9 Å². The molecular weight excluding hydrogens is 805 g/mol. The van der Waals surface area contributed by atoms with Gasteiger partial charge in [-0.1, -0.05) is 235 Å². The van der Waals surface area contributed by atoms with Gasteiger partial charge < -0.3 is 14.2 Å². The molecule has 6 heteroatoms. The maximum Gasteiger partial charge on any atom is 0.306 e. The van der Waals surface area contributed by atoms with Gasteiger partial charge in [-0.05, 0) is 83.5 Å². The van der Waals surface area contributed by atoms with Crippen LogP contribution in [-0.2, 0) is 28.6 Å². The second-order valence-corrected chi connectivity index (χ2v) is 18.1. The lowest BCUT2D eigenvalue weighted by molar-refractivity contribution is -0.167. The number of carbonyl (C=O) groups is 3. The third-order valence-corrected chi connectivity index (χ3v) is 11.7. The summed E-state index contributed by atoms with van der Waals surface area (Å²) in [5, 5.41) is 0. The van der Waals surface area contributed by atoms with Gasteiger partial charge in [0, 0.05) is 19.3 Å². The second-order valence-electron chi connectivity index (χ2n) is 18.1. The van der Waals surface area contributed by atoms with E-state index >= 15 is 0 Å². The van der Waals surface area contributed by atoms with E-state index in [0.717, 1.165) is 122 Å². The Bertz CT molecular complexity index is 1230. The Morgan fingerprint density at radius 3 is 0.938 bits per heavy atom. The Labute approximate surface area is 402 Å². The van der Waals surface area contributed by atoms with E-state index in [0.29, 0.717) is 19.3 Å². The van der Waals surface area contributed by atoms with Crippen LogP contribution >= 0.6 is 0 Å². The Morgan fingerprint density at radius 1 is 0.323 bits per heavy atom. The third-order valence-electron chi connectivity index (χ3n) is 11.7. The highest BCUT2D eigenvalue weighted by Crippen LogP contribution is 2.16. The van der Waals surface area contributed by atoms with Crippen LogP contribution in [0.1, 0.15) is 265 Å². The first-order valence-corrected chi connectivity index (χ1v) is 27.4. The Balaban J connectivity index is 4.38. The fourth-order valence-corrected chi connectivity index (χ4v) is 7.65. The van der Waals surface area contributed by atoms with Crippen molar-refractivity contribution in [2.24, 2.45) is 0 Å². The minimum Gasteiger partial charge on any atom is -0.462 e. The predicted molar refractivity (Wildman–Crippen MR) is 279 cm³/mol. The first-order valence-electron chi connectivity index (χ1n) is 27.4. The molecule has 0 bridgehead atoms. The van der Waals surface area contributed by atoms with E-state index in [1.54, 1.807) is 0 Å². The Morgan fingerprint density at radius 2 is 0.600 bits per heavy atom. The lowest BCUT2D eigenvalue weighted by Crippen LogP contribution is -2.30. The van der Waals surface area contributed by atoms with E-state index < -0.39 is 6.10 Å². The fourth-order valence-electron chi connectivity index (χ4n) is 7.65. The van der Waals surface area contributed by atoms with E-state index in [4.69, 9.17) is 14.2 Å². The molecule has 0 fully saturated rings. The van der Waals surface area contributed by atoms with E-state index in [2.05, 4.69) is 93.7 Å². The molecule has 0 aromatic heterocycles. The molecule has 6 nitrogen and oxygen atoms in total. The van der Waals surface area contributed by atoms with Gasteiger partial charge in [-0.3, -0.25) is 14.4 Å². The number of hydrogen-bond acceptors (Lipinski definition) is 6. The summed E-state index contributed by atoms with van der Waals surface area (Å²) in [6, 6.07) is 0. The second kappa shape index (κ2) is 53.5. The predicted octanol–water partition coefficient (Wildman–Crippen LogP) is 18.2. The number of allylic oxidation sites excluding steroid dienone is 12. The number of esters is 3. The summed E-state index contributed by atoms with van der Waals surface area (Å²) in [5.74, 6) is -0.929. The minimum absolute atomic E-state index is 0.0901. The SMILES string of the molecule is CC/C=C\C/C=C\C/C=C\CCCCCCC(=O)OCC(COC(=O)CCCCCCCCCCCCCCCCCCCCC)OC(=O)CCCCCC/C=C\C/C=C\C/C=C\CC. The molecule has 1 atom stereocenters. The van der Waals surface area contributed by atoms with Crippen molar-refractivity contribution in [1.29, 1.82) is 0 Å². The zero-order chi connectivity index (χ0) is 47.2. The van der Waals surface area contributed by atoms with Crippen LogP contribution in [0.4, 0.5) is 0 Å². The number of rotatable bonds is 49. The van der Waals surface area contributed by atoms with Crippen molar-refractivity contribution in [2.75, 3.05) is 13.2 Å². The zero-order valence-electron chi connectivity index (χ0n) is 42.7. The van der Waals surface area contributed by atoms with Gasteiger partial charge >= 0.3 is 17.9 Å². The highest BCUT2D eigenvalue weighted by atomic mass is 16.6. The van der Waals surface area contributed by atoms with Crippen LogP contribution in [0.15, 0.2) is 72.9 Å². The molecule has 0 saturated heterocycles. The molecule has 0 N–H and O–H groups in total. The highest BCUT2D eigenvalue weighted by Gasteiger charge is 2.19. The van der Waals surface area contributed by atoms with Crippen LogP contribution in [0.3, 0.4) is 0 Å². The summed E-state index contributed by atoms with van der Waals surface area (Å²) < 4.78 is 16.8. The Hall–Kier alpha value is -3.15. The lowest BCUT2D eigenvalue weighted by atomic mass is 10.0. The largest absolute Gasteiger partial charge is 0.462 e. The van der Waals surface area contributed by atoms with E-state index in [1.807, 2.05) is 0 Å². The molecular formula is C59H102O6. The number of ether oxygens (including phenoxy) is 3. The Kier molecular flexibility index (Phi) is 50.9. The van der Waals surface area contributed by atoms with Gasteiger partial charge in [0.25, 0.3) is 0 Å². The molecule has 0 radical (unpaired) electrons. The molecule has 65 heavy (non-hydrogen) atoms. The van der Waals surface area contributed by atoms with Gasteiger partial charge in [0.05, 0.1) is 0 Å². The molecule has 0 saturated carbocycles. The molecule has 0 aliphatic rings. The number of unbranched alkanes of at least 4 members (excludes halogenated alkanes) is 26. The van der Waals surface area contributed by atoms with Gasteiger partial charge in [0.1, 0.15) is 13.2 Å². The summed E-state index contributed by atoms with van der Waals surface area (Å²) in [5.41, 5.74) is 0.